The van der Waals surface area contributed by atoms with E-state index in [0.29, 0.717) is 0 Å². The molecule has 1 aromatic rings. The molecule has 2 saturated heterocycles. The lowest BCUT2D eigenvalue weighted by atomic mass is 10.2. The fourth-order valence-corrected chi connectivity index (χ4v) is 4.32. The molecule has 0 atom stereocenters. The maximum Gasteiger partial charge on any atom is 0.157 e. The minimum atomic E-state index is -2.84. The zero-order valence-corrected chi connectivity index (χ0v) is 14.1. The van der Waals surface area contributed by atoms with E-state index in [9.17, 15) is 8.42 Å². The number of ether oxygens (including phenoxy) is 1. The van der Waals surface area contributed by atoms with Gasteiger partial charge in [-0.2, -0.15) is 0 Å². The number of benzene rings is 1. The molecule has 0 unspecified atom stereocenters. The van der Waals surface area contributed by atoms with Gasteiger partial charge in [-0.1, -0.05) is 6.07 Å². The standard InChI is InChI=1S/C14H19BrN2O3S/c15-13-7-11(8-17-5-3-16-4-6-17)1-2-14(13)20-12-9-21(18,19)10-12/h1-2,7,12,16H,3-6,8-10H2. The summed E-state index contributed by atoms with van der Waals surface area (Å²) in [7, 11) is -2.84. The maximum atomic E-state index is 11.1. The van der Waals surface area contributed by atoms with Crippen LogP contribution in [0.1, 0.15) is 5.56 Å². The van der Waals surface area contributed by atoms with Crippen LogP contribution in [-0.2, 0) is 16.4 Å². The Morgan fingerprint density at radius 3 is 2.62 bits per heavy atom. The van der Waals surface area contributed by atoms with Gasteiger partial charge in [0.1, 0.15) is 11.9 Å². The molecule has 116 valence electrons. The predicted molar refractivity (Wildman–Crippen MR) is 85.4 cm³/mol. The third kappa shape index (κ3) is 3.97. The van der Waals surface area contributed by atoms with E-state index in [-0.39, 0.29) is 17.6 Å². The number of nitrogens with zero attached hydrogens (tertiary/aromatic N) is 1. The largest absolute Gasteiger partial charge is 0.487 e. The Bertz CT molecular complexity index is 603. The Labute approximate surface area is 133 Å². The summed E-state index contributed by atoms with van der Waals surface area (Å²) in [4.78, 5) is 2.41. The van der Waals surface area contributed by atoms with Gasteiger partial charge in [0, 0.05) is 32.7 Å². The van der Waals surface area contributed by atoms with Gasteiger partial charge in [-0.25, -0.2) is 8.42 Å². The molecule has 2 aliphatic heterocycles. The highest BCUT2D eigenvalue weighted by molar-refractivity contribution is 9.10. The van der Waals surface area contributed by atoms with Gasteiger partial charge in [-0.3, -0.25) is 4.90 Å². The van der Waals surface area contributed by atoms with Crippen molar-refractivity contribution in [2.45, 2.75) is 12.6 Å². The first-order valence-electron chi connectivity index (χ1n) is 7.10. The van der Waals surface area contributed by atoms with Crippen LogP contribution in [-0.4, -0.2) is 57.1 Å². The zero-order valence-electron chi connectivity index (χ0n) is 11.7. The number of nitrogens with one attached hydrogen (secondary N) is 1. The van der Waals surface area contributed by atoms with Crippen molar-refractivity contribution in [3.63, 3.8) is 0 Å². The molecule has 0 amide bonds. The monoisotopic (exact) mass is 374 g/mol. The van der Waals surface area contributed by atoms with E-state index in [1.807, 2.05) is 6.07 Å². The van der Waals surface area contributed by atoms with Crippen molar-refractivity contribution in [3.05, 3.63) is 28.2 Å². The van der Waals surface area contributed by atoms with Gasteiger partial charge in [0.05, 0.1) is 16.0 Å². The molecule has 21 heavy (non-hydrogen) atoms. The molecule has 1 N–H and O–H groups in total. The first-order valence-corrected chi connectivity index (χ1v) is 9.72. The number of sulfone groups is 1. The molecule has 2 heterocycles. The van der Waals surface area contributed by atoms with Crippen LogP contribution in [0.15, 0.2) is 22.7 Å². The van der Waals surface area contributed by atoms with E-state index < -0.39 is 9.84 Å². The second-order valence-electron chi connectivity index (χ2n) is 5.61. The highest BCUT2D eigenvalue weighted by Crippen LogP contribution is 2.29. The van der Waals surface area contributed by atoms with Crippen molar-refractivity contribution in [2.24, 2.45) is 0 Å². The van der Waals surface area contributed by atoms with Crippen LogP contribution in [0, 0.1) is 0 Å². The normalized spacial score (nSPS) is 22.7. The summed E-state index contributed by atoms with van der Waals surface area (Å²) >= 11 is 3.52. The zero-order chi connectivity index (χ0) is 14.9. The van der Waals surface area contributed by atoms with Crippen molar-refractivity contribution in [1.29, 1.82) is 0 Å². The van der Waals surface area contributed by atoms with Crippen LogP contribution < -0.4 is 10.1 Å². The summed E-state index contributed by atoms with van der Waals surface area (Å²) in [5.41, 5.74) is 1.23. The molecular weight excluding hydrogens is 356 g/mol. The first kappa shape index (κ1) is 15.3. The molecule has 1 aromatic carbocycles. The number of piperazine rings is 1. The summed E-state index contributed by atoms with van der Waals surface area (Å²) < 4.78 is 28.9. The first-order chi connectivity index (χ1) is 10.0. The number of hydrogen-bond donors (Lipinski definition) is 1. The second-order valence-corrected chi connectivity index (χ2v) is 8.62. The molecule has 0 spiro atoms. The van der Waals surface area contributed by atoms with Crippen molar-refractivity contribution in [3.8, 4) is 5.75 Å². The van der Waals surface area contributed by atoms with Crippen LogP contribution in [0.4, 0.5) is 0 Å². The highest BCUT2D eigenvalue weighted by Gasteiger charge is 2.35. The summed E-state index contributed by atoms with van der Waals surface area (Å²) in [6.07, 6.45) is -0.203. The van der Waals surface area contributed by atoms with Gasteiger partial charge < -0.3 is 10.1 Å². The van der Waals surface area contributed by atoms with E-state index in [1.165, 1.54) is 5.56 Å². The Kier molecular flexibility index (Phi) is 4.54. The molecule has 3 rings (SSSR count). The average molecular weight is 375 g/mol. The smallest absolute Gasteiger partial charge is 0.157 e. The van der Waals surface area contributed by atoms with Crippen molar-refractivity contribution >= 4 is 25.8 Å². The van der Waals surface area contributed by atoms with E-state index in [0.717, 1.165) is 42.9 Å². The van der Waals surface area contributed by atoms with E-state index in [2.05, 4.69) is 38.3 Å². The SMILES string of the molecule is O=S1(=O)CC(Oc2ccc(CN3CCNCC3)cc2Br)C1. The van der Waals surface area contributed by atoms with Crippen molar-refractivity contribution in [2.75, 3.05) is 37.7 Å². The third-order valence-electron chi connectivity index (χ3n) is 3.79. The van der Waals surface area contributed by atoms with Gasteiger partial charge in [0.15, 0.2) is 9.84 Å². The third-order valence-corrected chi connectivity index (χ3v) is 6.16. The maximum absolute atomic E-state index is 11.1. The van der Waals surface area contributed by atoms with Gasteiger partial charge in [-0.05, 0) is 33.6 Å². The van der Waals surface area contributed by atoms with Crippen LogP contribution in [0.25, 0.3) is 0 Å². The Hall–Kier alpha value is -0.630. The summed E-state index contributed by atoms with van der Waals surface area (Å²) in [5, 5.41) is 3.34. The molecule has 0 aromatic heterocycles. The fourth-order valence-electron chi connectivity index (χ4n) is 2.63. The lowest BCUT2D eigenvalue weighted by Gasteiger charge is -2.28. The molecule has 2 aliphatic rings. The Balaban J connectivity index is 1.60. The number of rotatable bonds is 4. The van der Waals surface area contributed by atoms with E-state index in [1.54, 1.807) is 0 Å². The van der Waals surface area contributed by atoms with Crippen LogP contribution in [0.2, 0.25) is 0 Å². The van der Waals surface area contributed by atoms with Gasteiger partial charge >= 0.3 is 0 Å². The molecule has 0 aliphatic carbocycles. The fraction of sp³-hybridized carbons (Fsp3) is 0.571. The topological polar surface area (TPSA) is 58.6 Å². The molecule has 7 heteroatoms. The van der Waals surface area contributed by atoms with Crippen molar-refractivity contribution < 1.29 is 13.2 Å². The van der Waals surface area contributed by atoms with Gasteiger partial charge in [-0.15, -0.1) is 0 Å². The Morgan fingerprint density at radius 1 is 1.29 bits per heavy atom. The number of halogens is 1. The molecular formula is C14H19BrN2O3S. The number of hydrogen-bond acceptors (Lipinski definition) is 5. The minimum absolute atomic E-state index is 0.127. The van der Waals surface area contributed by atoms with Crippen LogP contribution in [0.3, 0.4) is 0 Å². The second kappa shape index (κ2) is 6.24. The lowest BCUT2D eigenvalue weighted by molar-refractivity contribution is 0.226. The van der Waals surface area contributed by atoms with Crippen molar-refractivity contribution in [1.82, 2.24) is 10.2 Å². The van der Waals surface area contributed by atoms with E-state index >= 15 is 0 Å². The molecule has 0 radical (unpaired) electrons. The van der Waals surface area contributed by atoms with Gasteiger partial charge in [0.25, 0.3) is 0 Å². The van der Waals surface area contributed by atoms with E-state index in [4.69, 9.17) is 4.74 Å². The van der Waals surface area contributed by atoms with Crippen LogP contribution in [0.5, 0.6) is 5.75 Å². The lowest BCUT2D eigenvalue weighted by Crippen LogP contribution is -2.45. The molecule has 0 bridgehead atoms. The van der Waals surface area contributed by atoms with Gasteiger partial charge in [0.2, 0.25) is 0 Å². The predicted octanol–water partition coefficient (Wildman–Crippen LogP) is 1.03. The summed E-state index contributed by atoms with van der Waals surface area (Å²) in [5.74, 6) is 0.975. The minimum Gasteiger partial charge on any atom is -0.487 e. The molecule has 2 fully saturated rings. The molecule has 0 saturated carbocycles. The van der Waals surface area contributed by atoms with Crippen LogP contribution >= 0.6 is 15.9 Å². The molecule has 5 nitrogen and oxygen atoms in total. The Morgan fingerprint density at radius 2 is 2.00 bits per heavy atom. The summed E-state index contributed by atoms with van der Waals surface area (Å²) in [6, 6.07) is 6.03. The quantitative estimate of drug-likeness (QED) is 0.852. The average Bonchev–Trinajstić information content (AvgIpc) is 2.41. The summed E-state index contributed by atoms with van der Waals surface area (Å²) in [6.45, 7) is 5.14. The highest BCUT2D eigenvalue weighted by atomic mass is 79.9.